The van der Waals surface area contributed by atoms with Gasteiger partial charge in [-0.1, -0.05) is 40.0 Å². The van der Waals surface area contributed by atoms with Crippen LogP contribution in [0.25, 0.3) is 0 Å². The average Bonchev–Trinajstić information content (AvgIpc) is 2.99. The van der Waals surface area contributed by atoms with Crippen LogP contribution in [0.5, 0.6) is 0 Å². The second-order valence-corrected chi connectivity index (χ2v) is 12.9. The van der Waals surface area contributed by atoms with Gasteiger partial charge in [-0.05, 0) is 118 Å². The van der Waals surface area contributed by atoms with Crippen LogP contribution in [0, 0.1) is 46.3 Å². The summed E-state index contributed by atoms with van der Waals surface area (Å²) < 4.78 is 0. The van der Waals surface area contributed by atoms with E-state index in [1.807, 2.05) is 13.8 Å². The molecular formula is C27H48O2. The second kappa shape index (κ2) is 7.80. The fourth-order valence-corrected chi connectivity index (χ4v) is 9.35. The molecule has 2 N–H and O–H groups in total. The van der Waals surface area contributed by atoms with Crippen LogP contribution in [0.2, 0.25) is 0 Å². The highest BCUT2D eigenvalue weighted by Crippen LogP contribution is 2.68. The van der Waals surface area contributed by atoms with Crippen molar-refractivity contribution in [2.45, 2.75) is 123 Å². The Kier molecular flexibility index (Phi) is 5.95. The van der Waals surface area contributed by atoms with Gasteiger partial charge in [0.15, 0.2) is 0 Å². The maximum Gasteiger partial charge on any atom is 0.0599 e. The molecule has 0 spiro atoms. The normalized spacial score (nSPS) is 48.5. The molecule has 0 heterocycles. The SMILES string of the molecule is C[C@H](CCCC(C)(C)O)[C@H]1CC[C@H]2[C@@H]3CCC4CCCC(O)[C@]4(C)[C@H]3CC[C@]12C. The smallest absolute Gasteiger partial charge is 0.0599 e. The topological polar surface area (TPSA) is 40.5 Å². The largest absolute Gasteiger partial charge is 0.393 e. The van der Waals surface area contributed by atoms with E-state index in [4.69, 9.17) is 0 Å². The third-order valence-electron chi connectivity index (χ3n) is 10.9. The minimum Gasteiger partial charge on any atom is -0.393 e. The van der Waals surface area contributed by atoms with Crippen molar-refractivity contribution in [2.75, 3.05) is 0 Å². The van der Waals surface area contributed by atoms with Crippen molar-refractivity contribution in [3.05, 3.63) is 0 Å². The molecule has 0 radical (unpaired) electrons. The average molecular weight is 405 g/mol. The Morgan fingerprint density at radius 1 is 0.966 bits per heavy atom. The minimum atomic E-state index is -0.519. The molecule has 4 saturated carbocycles. The first kappa shape index (κ1) is 22.1. The molecule has 4 rings (SSSR count). The fraction of sp³-hybridized carbons (Fsp3) is 1.00. The fourth-order valence-electron chi connectivity index (χ4n) is 9.35. The molecule has 0 saturated heterocycles. The molecule has 2 unspecified atom stereocenters. The van der Waals surface area contributed by atoms with Crippen molar-refractivity contribution in [2.24, 2.45) is 46.3 Å². The maximum absolute atomic E-state index is 11.1. The van der Waals surface area contributed by atoms with Gasteiger partial charge in [0.25, 0.3) is 0 Å². The van der Waals surface area contributed by atoms with Gasteiger partial charge in [0.05, 0.1) is 11.7 Å². The van der Waals surface area contributed by atoms with Crippen LogP contribution >= 0.6 is 0 Å². The summed E-state index contributed by atoms with van der Waals surface area (Å²) >= 11 is 0. The third-order valence-corrected chi connectivity index (χ3v) is 10.9. The van der Waals surface area contributed by atoms with Gasteiger partial charge >= 0.3 is 0 Å². The van der Waals surface area contributed by atoms with E-state index in [9.17, 15) is 10.2 Å². The van der Waals surface area contributed by atoms with Crippen LogP contribution < -0.4 is 0 Å². The predicted octanol–water partition coefficient (Wildman–Crippen LogP) is 6.58. The van der Waals surface area contributed by atoms with Crippen LogP contribution in [0.1, 0.15) is 112 Å². The summed E-state index contributed by atoms with van der Waals surface area (Å²) in [6.07, 6.45) is 15.3. The highest BCUT2D eigenvalue weighted by atomic mass is 16.3. The zero-order valence-corrected chi connectivity index (χ0v) is 19.9. The molecule has 0 aromatic heterocycles. The number of hydrogen-bond donors (Lipinski definition) is 2. The molecule has 9 atom stereocenters. The summed E-state index contributed by atoms with van der Waals surface area (Å²) in [5, 5.41) is 21.2. The highest BCUT2D eigenvalue weighted by molar-refractivity contribution is 5.10. The molecule has 0 bridgehead atoms. The quantitative estimate of drug-likeness (QED) is 0.543. The van der Waals surface area contributed by atoms with E-state index in [-0.39, 0.29) is 11.5 Å². The van der Waals surface area contributed by atoms with Gasteiger partial charge in [-0.2, -0.15) is 0 Å². The van der Waals surface area contributed by atoms with E-state index in [0.717, 1.165) is 54.8 Å². The lowest BCUT2D eigenvalue weighted by Gasteiger charge is -2.62. The highest BCUT2D eigenvalue weighted by Gasteiger charge is 2.61. The molecule has 0 aliphatic heterocycles. The minimum absolute atomic E-state index is 0.0589. The van der Waals surface area contributed by atoms with Gasteiger partial charge in [-0.3, -0.25) is 0 Å². The molecule has 0 aromatic carbocycles. The van der Waals surface area contributed by atoms with Crippen molar-refractivity contribution in [3.8, 4) is 0 Å². The molecular weight excluding hydrogens is 356 g/mol. The number of hydrogen-bond acceptors (Lipinski definition) is 2. The van der Waals surface area contributed by atoms with Crippen molar-refractivity contribution < 1.29 is 10.2 Å². The van der Waals surface area contributed by atoms with Gasteiger partial charge < -0.3 is 10.2 Å². The van der Waals surface area contributed by atoms with Gasteiger partial charge in [0, 0.05) is 0 Å². The predicted molar refractivity (Wildman–Crippen MR) is 121 cm³/mol. The van der Waals surface area contributed by atoms with Crippen molar-refractivity contribution >= 4 is 0 Å². The number of aliphatic hydroxyl groups is 2. The van der Waals surface area contributed by atoms with E-state index in [0.29, 0.717) is 5.41 Å². The monoisotopic (exact) mass is 404 g/mol. The van der Waals surface area contributed by atoms with Gasteiger partial charge in [-0.15, -0.1) is 0 Å². The van der Waals surface area contributed by atoms with E-state index >= 15 is 0 Å². The Morgan fingerprint density at radius 3 is 2.45 bits per heavy atom. The van der Waals surface area contributed by atoms with E-state index in [2.05, 4.69) is 20.8 Å². The summed E-state index contributed by atoms with van der Waals surface area (Å²) in [5.74, 6) is 4.91. The van der Waals surface area contributed by atoms with E-state index < -0.39 is 5.60 Å². The molecule has 2 heteroatoms. The second-order valence-electron chi connectivity index (χ2n) is 12.9. The number of aliphatic hydroxyl groups excluding tert-OH is 1. The Bertz CT molecular complexity index is 580. The first-order valence-corrected chi connectivity index (χ1v) is 13.0. The molecule has 168 valence electrons. The zero-order valence-electron chi connectivity index (χ0n) is 19.9. The lowest BCUT2D eigenvalue weighted by Crippen LogP contribution is -2.57. The van der Waals surface area contributed by atoms with Crippen LogP contribution in [-0.2, 0) is 0 Å². The van der Waals surface area contributed by atoms with Crippen LogP contribution in [0.4, 0.5) is 0 Å². The maximum atomic E-state index is 11.1. The van der Waals surface area contributed by atoms with Crippen molar-refractivity contribution in [1.82, 2.24) is 0 Å². The Hall–Kier alpha value is -0.0800. The molecule has 0 amide bonds. The Balaban J connectivity index is 1.47. The van der Waals surface area contributed by atoms with Crippen LogP contribution in [-0.4, -0.2) is 21.9 Å². The first-order chi connectivity index (χ1) is 13.6. The third kappa shape index (κ3) is 3.73. The summed E-state index contributed by atoms with van der Waals surface area (Å²) in [6.45, 7) is 11.5. The lowest BCUT2D eigenvalue weighted by molar-refractivity contribution is -0.164. The molecule has 4 aliphatic rings. The van der Waals surface area contributed by atoms with Crippen LogP contribution in [0.15, 0.2) is 0 Å². The zero-order chi connectivity index (χ0) is 21.0. The Morgan fingerprint density at radius 2 is 1.72 bits per heavy atom. The molecule has 0 aromatic rings. The van der Waals surface area contributed by atoms with E-state index in [1.165, 1.54) is 57.8 Å². The van der Waals surface area contributed by atoms with Crippen molar-refractivity contribution in [1.29, 1.82) is 0 Å². The summed E-state index contributed by atoms with van der Waals surface area (Å²) in [5.41, 5.74) is 0.186. The standard InChI is InChI=1S/C27H48O2/c1-18(8-7-16-25(2,3)29)21-13-14-22-20-12-11-19-9-6-10-24(28)27(19,5)23(20)15-17-26(21,22)4/h18-24,28-29H,6-17H2,1-5H3/t18-,19?,20+,21-,22+,23+,24?,26-,27+/m1/s1. The first-order valence-electron chi connectivity index (χ1n) is 13.0. The van der Waals surface area contributed by atoms with Gasteiger partial charge in [0.1, 0.15) is 0 Å². The van der Waals surface area contributed by atoms with Gasteiger partial charge in [-0.25, -0.2) is 0 Å². The summed E-state index contributed by atoms with van der Waals surface area (Å²) in [6, 6.07) is 0. The summed E-state index contributed by atoms with van der Waals surface area (Å²) in [4.78, 5) is 0. The summed E-state index contributed by atoms with van der Waals surface area (Å²) in [7, 11) is 0. The Labute approximate surface area is 180 Å². The number of fused-ring (bicyclic) bond motifs is 5. The van der Waals surface area contributed by atoms with Crippen LogP contribution in [0.3, 0.4) is 0 Å². The number of rotatable bonds is 5. The molecule has 4 fully saturated rings. The molecule has 29 heavy (non-hydrogen) atoms. The lowest BCUT2D eigenvalue weighted by atomic mass is 9.44. The van der Waals surface area contributed by atoms with Gasteiger partial charge in [0.2, 0.25) is 0 Å². The molecule has 4 aliphatic carbocycles. The van der Waals surface area contributed by atoms with Crippen molar-refractivity contribution in [3.63, 3.8) is 0 Å². The molecule has 2 nitrogen and oxygen atoms in total. The van der Waals surface area contributed by atoms with E-state index in [1.54, 1.807) is 0 Å².